The lowest BCUT2D eigenvalue weighted by Crippen LogP contribution is -2.48. The average molecular weight is 322 g/mol. The van der Waals surface area contributed by atoms with Gasteiger partial charge in [0.05, 0.1) is 10.9 Å². The molecule has 3 aromatic rings. The number of para-hydroxylation sites is 1. The molecule has 1 aliphatic rings. The van der Waals surface area contributed by atoms with Gasteiger partial charge >= 0.3 is 0 Å². The van der Waals surface area contributed by atoms with Crippen LogP contribution in [-0.2, 0) is 7.05 Å². The fourth-order valence-corrected chi connectivity index (χ4v) is 3.09. The molecule has 0 radical (unpaired) electrons. The van der Waals surface area contributed by atoms with Gasteiger partial charge in [0.1, 0.15) is 0 Å². The minimum Gasteiger partial charge on any atom is -0.352 e. The minimum atomic E-state index is -0.00745. The Balaban J connectivity index is 1.61. The zero-order valence-electron chi connectivity index (χ0n) is 13.5. The number of benzene rings is 1. The van der Waals surface area contributed by atoms with E-state index in [2.05, 4.69) is 20.0 Å². The SMILES string of the molecule is Cn1c(N2CCN(c3cccnn3)CC2)nc2ccccc2c1=O. The summed E-state index contributed by atoms with van der Waals surface area (Å²) in [5.74, 6) is 1.61. The summed E-state index contributed by atoms with van der Waals surface area (Å²) < 4.78 is 1.64. The lowest BCUT2D eigenvalue weighted by Gasteiger charge is -2.36. The molecule has 7 nitrogen and oxygen atoms in total. The molecule has 122 valence electrons. The molecule has 4 rings (SSSR count). The molecule has 0 saturated carbocycles. The van der Waals surface area contributed by atoms with Gasteiger partial charge in [-0.25, -0.2) is 4.98 Å². The fraction of sp³-hybridized carbons (Fsp3) is 0.294. The third-order valence-corrected chi connectivity index (χ3v) is 4.40. The highest BCUT2D eigenvalue weighted by atomic mass is 16.1. The van der Waals surface area contributed by atoms with Crippen molar-refractivity contribution < 1.29 is 0 Å². The molecule has 0 atom stereocenters. The van der Waals surface area contributed by atoms with Gasteiger partial charge in [0.25, 0.3) is 5.56 Å². The molecule has 0 amide bonds. The van der Waals surface area contributed by atoms with Crippen LogP contribution in [0.1, 0.15) is 0 Å². The van der Waals surface area contributed by atoms with Gasteiger partial charge in [-0.3, -0.25) is 9.36 Å². The fourth-order valence-electron chi connectivity index (χ4n) is 3.09. The van der Waals surface area contributed by atoms with Crippen LogP contribution in [0.15, 0.2) is 47.4 Å². The van der Waals surface area contributed by atoms with Crippen LogP contribution >= 0.6 is 0 Å². The summed E-state index contributed by atoms with van der Waals surface area (Å²) in [6.07, 6.45) is 1.68. The Bertz CT molecular complexity index is 915. The van der Waals surface area contributed by atoms with Gasteiger partial charge in [0.15, 0.2) is 5.82 Å². The summed E-state index contributed by atoms with van der Waals surface area (Å²) in [4.78, 5) is 21.6. The zero-order valence-corrected chi connectivity index (χ0v) is 13.5. The Kier molecular flexibility index (Phi) is 3.60. The van der Waals surface area contributed by atoms with Gasteiger partial charge in [-0.1, -0.05) is 12.1 Å². The highest BCUT2D eigenvalue weighted by molar-refractivity contribution is 5.78. The predicted molar refractivity (Wildman–Crippen MR) is 93.4 cm³/mol. The first kappa shape index (κ1) is 14.6. The van der Waals surface area contributed by atoms with Crippen LogP contribution in [0.25, 0.3) is 10.9 Å². The molecule has 2 aromatic heterocycles. The summed E-state index contributed by atoms with van der Waals surface area (Å²) in [5, 5.41) is 8.75. The third-order valence-electron chi connectivity index (χ3n) is 4.40. The first-order valence-corrected chi connectivity index (χ1v) is 7.97. The van der Waals surface area contributed by atoms with Crippen LogP contribution in [0.5, 0.6) is 0 Å². The van der Waals surface area contributed by atoms with Crippen molar-refractivity contribution in [2.75, 3.05) is 36.0 Å². The van der Waals surface area contributed by atoms with Gasteiger partial charge < -0.3 is 9.80 Å². The van der Waals surface area contributed by atoms with E-state index < -0.39 is 0 Å². The van der Waals surface area contributed by atoms with Crippen LogP contribution < -0.4 is 15.4 Å². The molecule has 1 aromatic carbocycles. The van der Waals surface area contributed by atoms with E-state index >= 15 is 0 Å². The van der Waals surface area contributed by atoms with Crippen molar-refractivity contribution in [2.45, 2.75) is 0 Å². The number of anilines is 2. The number of nitrogens with zero attached hydrogens (tertiary/aromatic N) is 6. The second kappa shape index (κ2) is 5.92. The van der Waals surface area contributed by atoms with Crippen molar-refractivity contribution >= 4 is 22.7 Å². The Hall–Kier alpha value is -2.96. The van der Waals surface area contributed by atoms with Crippen molar-refractivity contribution in [2.24, 2.45) is 7.05 Å². The Morgan fingerprint density at radius 1 is 0.958 bits per heavy atom. The first-order valence-electron chi connectivity index (χ1n) is 7.97. The normalized spacial score (nSPS) is 15.0. The van der Waals surface area contributed by atoms with E-state index in [0.29, 0.717) is 5.39 Å². The molecule has 1 aliphatic heterocycles. The van der Waals surface area contributed by atoms with Crippen LogP contribution in [-0.4, -0.2) is 45.9 Å². The van der Waals surface area contributed by atoms with Crippen LogP contribution in [0.4, 0.5) is 11.8 Å². The molecule has 1 saturated heterocycles. The number of rotatable bonds is 2. The molecule has 1 fully saturated rings. The molecule has 0 unspecified atom stereocenters. The van der Waals surface area contributed by atoms with Crippen molar-refractivity contribution in [1.29, 1.82) is 0 Å². The van der Waals surface area contributed by atoms with Crippen molar-refractivity contribution in [3.8, 4) is 0 Å². The topological polar surface area (TPSA) is 67.2 Å². The highest BCUT2D eigenvalue weighted by Gasteiger charge is 2.21. The van der Waals surface area contributed by atoms with Crippen molar-refractivity contribution in [3.63, 3.8) is 0 Å². The summed E-state index contributed by atoms with van der Waals surface area (Å²) in [6, 6.07) is 11.3. The van der Waals surface area contributed by atoms with E-state index in [1.165, 1.54) is 0 Å². The van der Waals surface area contributed by atoms with Gasteiger partial charge in [-0.2, -0.15) is 5.10 Å². The maximum absolute atomic E-state index is 12.5. The van der Waals surface area contributed by atoms with E-state index in [9.17, 15) is 4.79 Å². The first-order chi connectivity index (χ1) is 11.7. The highest BCUT2D eigenvalue weighted by Crippen LogP contribution is 2.18. The van der Waals surface area contributed by atoms with Gasteiger partial charge in [0, 0.05) is 39.4 Å². The largest absolute Gasteiger partial charge is 0.352 e. The second-order valence-electron chi connectivity index (χ2n) is 5.85. The summed E-state index contributed by atoms with van der Waals surface area (Å²) in [6.45, 7) is 3.22. The number of aromatic nitrogens is 4. The monoisotopic (exact) mass is 322 g/mol. The maximum Gasteiger partial charge on any atom is 0.262 e. The number of hydrogen-bond acceptors (Lipinski definition) is 6. The van der Waals surface area contributed by atoms with Crippen LogP contribution in [0.3, 0.4) is 0 Å². The molecular formula is C17H18N6O. The minimum absolute atomic E-state index is 0.00745. The molecule has 0 bridgehead atoms. The molecule has 24 heavy (non-hydrogen) atoms. The van der Waals surface area contributed by atoms with Crippen molar-refractivity contribution in [1.82, 2.24) is 19.7 Å². The smallest absolute Gasteiger partial charge is 0.262 e. The standard InChI is InChI=1S/C17H18N6O/c1-21-16(24)13-5-2-3-6-14(13)19-17(21)23-11-9-22(10-12-23)15-7-4-8-18-20-15/h2-8H,9-12H2,1H3. The molecular weight excluding hydrogens is 304 g/mol. The quantitative estimate of drug-likeness (QED) is 0.702. The number of hydrogen-bond donors (Lipinski definition) is 0. The molecule has 0 N–H and O–H groups in total. The number of fused-ring (bicyclic) bond motifs is 1. The Morgan fingerprint density at radius 2 is 1.71 bits per heavy atom. The summed E-state index contributed by atoms with van der Waals surface area (Å²) in [7, 11) is 1.78. The number of piperazine rings is 1. The molecule has 0 spiro atoms. The van der Waals surface area contributed by atoms with Gasteiger partial charge in [0.2, 0.25) is 5.95 Å². The van der Waals surface area contributed by atoms with E-state index in [-0.39, 0.29) is 5.56 Å². The van der Waals surface area contributed by atoms with Crippen LogP contribution in [0, 0.1) is 0 Å². The van der Waals surface area contributed by atoms with E-state index in [0.717, 1.165) is 43.5 Å². The Labute approximate surface area is 139 Å². The van der Waals surface area contributed by atoms with E-state index in [1.807, 2.05) is 36.4 Å². The zero-order chi connectivity index (χ0) is 16.5. The average Bonchev–Trinajstić information content (AvgIpc) is 2.66. The van der Waals surface area contributed by atoms with E-state index in [4.69, 9.17) is 4.98 Å². The lowest BCUT2D eigenvalue weighted by molar-refractivity contribution is 0.616. The van der Waals surface area contributed by atoms with Gasteiger partial charge in [-0.15, -0.1) is 5.10 Å². The lowest BCUT2D eigenvalue weighted by atomic mass is 10.2. The molecule has 3 heterocycles. The van der Waals surface area contributed by atoms with Crippen LogP contribution in [0.2, 0.25) is 0 Å². The second-order valence-corrected chi connectivity index (χ2v) is 5.85. The molecule has 0 aliphatic carbocycles. The van der Waals surface area contributed by atoms with Crippen molar-refractivity contribution in [3.05, 3.63) is 52.9 Å². The predicted octanol–water partition coefficient (Wildman–Crippen LogP) is 1.05. The molecule has 7 heteroatoms. The van der Waals surface area contributed by atoms with Gasteiger partial charge in [-0.05, 0) is 24.3 Å². The summed E-state index contributed by atoms with van der Waals surface area (Å²) in [5.41, 5.74) is 0.735. The Morgan fingerprint density at radius 3 is 2.46 bits per heavy atom. The third kappa shape index (κ3) is 2.47. The summed E-state index contributed by atoms with van der Waals surface area (Å²) >= 11 is 0. The van der Waals surface area contributed by atoms with E-state index in [1.54, 1.807) is 17.8 Å². The maximum atomic E-state index is 12.5.